The SMILES string of the molecule is CCC(C)(C(N)c1cnn(C)c1)N1CCOCC1. The standard InChI is InChI=1S/C13H24N4O/c1-4-13(2,17-5-7-18-8-6-17)12(14)11-9-15-16(3)10-11/h9-10,12H,4-8,14H2,1-3H3. The smallest absolute Gasteiger partial charge is 0.0594 e. The van der Waals surface area contributed by atoms with Crippen molar-refractivity contribution in [2.75, 3.05) is 26.3 Å². The highest BCUT2D eigenvalue weighted by atomic mass is 16.5. The molecule has 0 radical (unpaired) electrons. The maximum Gasteiger partial charge on any atom is 0.0594 e. The second-order valence-electron chi connectivity index (χ2n) is 5.24. The van der Waals surface area contributed by atoms with Gasteiger partial charge in [-0.25, -0.2) is 0 Å². The first kappa shape index (κ1) is 13.5. The Bertz CT molecular complexity index is 386. The van der Waals surface area contributed by atoms with Gasteiger partial charge in [-0.2, -0.15) is 5.10 Å². The second kappa shape index (κ2) is 5.38. The number of nitrogens with zero attached hydrogens (tertiary/aromatic N) is 3. The van der Waals surface area contributed by atoms with Crippen LogP contribution in [-0.2, 0) is 11.8 Å². The monoisotopic (exact) mass is 252 g/mol. The van der Waals surface area contributed by atoms with E-state index >= 15 is 0 Å². The van der Waals surface area contributed by atoms with Gasteiger partial charge in [0.2, 0.25) is 0 Å². The number of ether oxygens (including phenoxy) is 1. The zero-order valence-corrected chi connectivity index (χ0v) is 11.6. The summed E-state index contributed by atoms with van der Waals surface area (Å²) >= 11 is 0. The van der Waals surface area contributed by atoms with Crippen LogP contribution in [0, 0.1) is 0 Å². The Morgan fingerprint density at radius 1 is 1.50 bits per heavy atom. The van der Waals surface area contributed by atoms with Crippen molar-refractivity contribution in [3.63, 3.8) is 0 Å². The van der Waals surface area contributed by atoms with Crippen molar-refractivity contribution < 1.29 is 4.74 Å². The zero-order valence-electron chi connectivity index (χ0n) is 11.6. The van der Waals surface area contributed by atoms with Gasteiger partial charge >= 0.3 is 0 Å². The topological polar surface area (TPSA) is 56.3 Å². The molecule has 2 rings (SSSR count). The Labute approximate surface area is 109 Å². The van der Waals surface area contributed by atoms with Crippen LogP contribution in [0.1, 0.15) is 31.9 Å². The maximum atomic E-state index is 6.49. The molecule has 2 N–H and O–H groups in total. The summed E-state index contributed by atoms with van der Waals surface area (Å²) in [6.45, 7) is 7.96. The molecule has 1 aliphatic rings. The number of rotatable bonds is 4. The lowest BCUT2D eigenvalue weighted by Crippen LogP contribution is -2.56. The lowest BCUT2D eigenvalue weighted by Gasteiger charge is -2.46. The first-order chi connectivity index (χ1) is 8.58. The zero-order chi connectivity index (χ0) is 13.2. The fraction of sp³-hybridized carbons (Fsp3) is 0.769. The molecule has 0 aromatic carbocycles. The lowest BCUT2D eigenvalue weighted by atomic mass is 9.84. The minimum Gasteiger partial charge on any atom is -0.379 e. The number of hydrogen-bond acceptors (Lipinski definition) is 4. The van der Waals surface area contributed by atoms with Gasteiger partial charge < -0.3 is 10.5 Å². The molecule has 0 amide bonds. The van der Waals surface area contributed by atoms with Gasteiger partial charge in [-0.05, 0) is 13.3 Å². The summed E-state index contributed by atoms with van der Waals surface area (Å²) in [4.78, 5) is 2.45. The summed E-state index contributed by atoms with van der Waals surface area (Å²) in [7, 11) is 1.92. The van der Waals surface area contributed by atoms with Gasteiger partial charge in [0, 0.05) is 37.4 Å². The number of nitrogens with two attached hydrogens (primary N) is 1. The van der Waals surface area contributed by atoms with E-state index in [1.165, 1.54) is 0 Å². The van der Waals surface area contributed by atoms with Gasteiger partial charge in [-0.1, -0.05) is 6.92 Å². The Hall–Kier alpha value is -0.910. The molecule has 1 fully saturated rings. The molecule has 0 spiro atoms. The van der Waals surface area contributed by atoms with E-state index in [0.29, 0.717) is 0 Å². The van der Waals surface area contributed by atoms with Crippen LogP contribution in [-0.4, -0.2) is 46.5 Å². The van der Waals surface area contributed by atoms with Gasteiger partial charge in [0.25, 0.3) is 0 Å². The summed E-state index contributed by atoms with van der Waals surface area (Å²) in [6, 6.07) is -0.0192. The number of hydrogen-bond donors (Lipinski definition) is 1. The first-order valence-corrected chi connectivity index (χ1v) is 6.65. The second-order valence-corrected chi connectivity index (χ2v) is 5.24. The molecule has 5 nitrogen and oxygen atoms in total. The van der Waals surface area contributed by atoms with Crippen molar-refractivity contribution in [3.8, 4) is 0 Å². The van der Waals surface area contributed by atoms with E-state index in [1.54, 1.807) is 0 Å². The Balaban J connectivity index is 2.19. The lowest BCUT2D eigenvalue weighted by molar-refractivity contribution is -0.0277. The average Bonchev–Trinajstić information content (AvgIpc) is 2.84. The van der Waals surface area contributed by atoms with Crippen LogP contribution in [0.2, 0.25) is 0 Å². The summed E-state index contributed by atoms with van der Waals surface area (Å²) in [5.41, 5.74) is 7.56. The normalized spacial score (nSPS) is 22.7. The van der Waals surface area contributed by atoms with Crippen LogP contribution >= 0.6 is 0 Å². The van der Waals surface area contributed by atoms with Gasteiger partial charge in [-0.15, -0.1) is 0 Å². The van der Waals surface area contributed by atoms with Gasteiger partial charge in [0.15, 0.2) is 0 Å². The average molecular weight is 252 g/mol. The van der Waals surface area contributed by atoms with Crippen molar-refractivity contribution in [1.82, 2.24) is 14.7 Å². The molecule has 2 heterocycles. The molecule has 1 aromatic rings. The van der Waals surface area contributed by atoms with Crippen molar-refractivity contribution >= 4 is 0 Å². The third-order valence-corrected chi connectivity index (χ3v) is 4.20. The van der Waals surface area contributed by atoms with Crippen molar-refractivity contribution in [1.29, 1.82) is 0 Å². The fourth-order valence-corrected chi connectivity index (χ4v) is 2.67. The highest BCUT2D eigenvalue weighted by molar-refractivity contribution is 5.16. The number of aryl methyl sites for hydroxylation is 1. The Morgan fingerprint density at radius 3 is 2.67 bits per heavy atom. The third kappa shape index (κ3) is 2.43. The van der Waals surface area contributed by atoms with Crippen molar-refractivity contribution in [2.45, 2.75) is 31.8 Å². The molecular formula is C13H24N4O. The van der Waals surface area contributed by atoms with Gasteiger partial charge in [0.1, 0.15) is 0 Å². The quantitative estimate of drug-likeness (QED) is 0.866. The molecule has 0 aliphatic carbocycles. The van der Waals surface area contributed by atoms with Gasteiger partial charge in [0.05, 0.1) is 25.5 Å². The van der Waals surface area contributed by atoms with E-state index in [2.05, 4.69) is 23.8 Å². The van der Waals surface area contributed by atoms with E-state index < -0.39 is 0 Å². The molecule has 1 aromatic heterocycles. The maximum absolute atomic E-state index is 6.49. The van der Waals surface area contributed by atoms with E-state index in [1.807, 2.05) is 24.1 Å². The van der Waals surface area contributed by atoms with E-state index in [-0.39, 0.29) is 11.6 Å². The number of aromatic nitrogens is 2. The number of morpholine rings is 1. The molecule has 0 bridgehead atoms. The molecule has 18 heavy (non-hydrogen) atoms. The van der Waals surface area contributed by atoms with Crippen LogP contribution in [0.4, 0.5) is 0 Å². The highest BCUT2D eigenvalue weighted by Crippen LogP contribution is 2.32. The van der Waals surface area contributed by atoms with Crippen LogP contribution < -0.4 is 5.73 Å². The summed E-state index contributed by atoms with van der Waals surface area (Å²) in [5, 5.41) is 4.22. The Morgan fingerprint density at radius 2 is 2.17 bits per heavy atom. The van der Waals surface area contributed by atoms with E-state index in [0.717, 1.165) is 38.3 Å². The van der Waals surface area contributed by atoms with Crippen molar-refractivity contribution in [2.24, 2.45) is 12.8 Å². The van der Waals surface area contributed by atoms with Crippen LogP contribution in [0.3, 0.4) is 0 Å². The molecule has 5 heteroatoms. The van der Waals surface area contributed by atoms with Crippen LogP contribution in [0.25, 0.3) is 0 Å². The molecule has 2 atom stereocenters. The molecule has 2 unspecified atom stereocenters. The van der Waals surface area contributed by atoms with E-state index in [4.69, 9.17) is 10.5 Å². The highest BCUT2D eigenvalue weighted by Gasteiger charge is 2.38. The summed E-state index contributed by atoms with van der Waals surface area (Å²) in [5.74, 6) is 0. The molecule has 1 aliphatic heterocycles. The van der Waals surface area contributed by atoms with Crippen LogP contribution in [0.15, 0.2) is 12.4 Å². The predicted octanol–water partition coefficient (Wildman–Crippen LogP) is 0.921. The fourth-order valence-electron chi connectivity index (χ4n) is 2.67. The first-order valence-electron chi connectivity index (χ1n) is 6.65. The van der Waals surface area contributed by atoms with Crippen LogP contribution in [0.5, 0.6) is 0 Å². The summed E-state index contributed by atoms with van der Waals surface area (Å²) < 4.78 is 7.24. The minimum absolute atomic E-state index is 0.0192. The third-order valence-electron chi connectivity index (χ3n) is 4.20. The predicted molar refractivity (Wildman–Crippen MR) is 71.2 cm³/mol. The molecule has 0 saturated carbocycles. The van der Waals surface area contributed by atoms with Crippen molar-refractivity contribution in [3.05, 3.63) is 18.0 Å². The Kier molecular flexibility index (Phi) is 4.04. The summed E-state index contributed by atoms with van der Waals surface area (Å²) in [6.07, 6.45) is 4.90. The van der Waals surface area contributed by atoms with E-state index in [9.17, 15) is 0 Å². The minimum atomic E-state index is -0.0349. The van der Waals surface area contributed by atoms with Gasteiger partial charge in [-0.3, -0.25) is 9.58 Å². The molecule has 1 saturated heterocycles. The molecular weight excluding hydrogens is 228 g/mol. The largest absolute Gasteiger partial charge is 0.379 e. The molecule has 102 valence electrons.